The van der Waals surface area contributed by atoms with E-state index < -0.39 is 0 Å². The minimum Gasteiger partial charge on any atom is -0.494 e. The van der Waals surface area contributed by atoms with Gasteiger partial charge in [-0.05, 0) is 32.3 Å². The predicted molar refractivity (Wildman–Crippen MR) is 164 cm³/mol. The van der Waals surface area contributed by atoms with Gasteiger partial charge in [-0.3, -0.25) is 14.4 Å². The molecular weight excluding hydrogens is 518 g/mol. The van der Waals surface area contributed by atoms with Gasteiger partial charge in [0.15, 0.2) is 0 Å². The van der Waals surface area contributed by atoms with Gasteiger partial charge < -0.3 is 25.2 Å². The summed E-state index contributed by atoms with van der Waals surface area (Å²) in [6.45, 7) is 9.26. The molecule has 0 bridgehead atoms. The van der Waals surface area contributed by atoms with E-state index in [-0.39, 0.29) is 5.91 Å². The molecule has 41 heavy (non-hydrogen) atoms. The Morgan fingerprint density at radius 1 is 1.10 bits per heavy atom. The molecule has 0 saturated carbocycles. The fraction of sp³-hybridized carbons (Fsp3) is 0.333. The first kappa shape index (κ1) is 28.1. The van der Waals surface area contributed by atoms with Crippen LogP contribution in [0.3, 0.4) is 0 Å². The lowest BCUT2D eigenvalue weighted by Gasteiger charge is -2.37. The van der Waals surface area contributed by atoms with Crippen LogP contribution in [-0.4, -0.2) is 95.9 Å². The van der Waals surface area contributed by atoms with Gasteiger partial charge in [-0.25, -0.2) is 9.97 Å². The Morgan fingerprint density at radius 3 is 2.63 bits per heavy atom. The summed E-state index contributed by atoms with van der Waals surface area (Å²) in [6.07, 6.45) is 4.65. The van der Waals surface area contributed by atoms with E-state index in [0.29, 0.717) is 22.9 Å². The zero-order valence-electron chi connectivity index (χ0n) is 24.1. The summed E-state index contributed by atoms with van der Waals surface area (Å²) in [6, 6.07) is 11.9. The molecule has 1 fully saturated rings. The third-order valence-electron chi connectivity index (χ3n) is 7.31. The number of nitrogens with zero attached hydrogens (tertiary/aromatic N) is 7. The van der Waals surface area contributed by atoms with Gasteiger partial charge in [-0.1, -0.05) is 18.7 Å². The second-order valence-corrected chi connectivity index (χ2v) is 10.4. The Kier molecular flexibility index (Phi) is 8.46. The summed E-state index contributed by atoms with van der Waals surface area (Å²) in [5, 5.41) is 11.8. The van der Waals surface area contributed by atoms with Crippen LogP contribution in [0.4, 0.5) is 22.9 Å². The Balaban J connectivity index is 1.41. The van der Waals surface area contributed by atoms with Gasteiger partial charge in [0.25, 0.3) is 0 Å². The zero-order valence-corrected chi connectivity index (χ0v) is 24.1. The number of carbonyl (C=O) groups excluding carboxylic acids is 1. The van der Waals surface area contributed by atoms with E-state index >= 15 is 0 Å². The van der Waals surface area contributed by atoms with Crippen LogP contribution in [0.2, 0.25) is 0 Å². The number of aromatic nitrogens is 4. The van der Waals surface area contributed by atoms with Crippen molar-refractivity contribution in [1.82, 2.24) is 29.5 Å². The number of nitrogens with one attached hydrogen (secondary N) is 2. The van der Waals surface area contributed by atoms with E-state index in [1.165, 1.54) is 12.4 Å². The van der Waals surface area contributed by atoms with Crippen LogP contribution < -0.4 is 20.3 Å². The Hall–Kier alpha value is -4.48. The van der Waals surface area contributed by atoms with Gasteiger partial charge in [0.1, 0.15) is 17.9 Å². The summed E-state index contributed by atoms with van der Waals surface area (Å²) in [5.74, 6) is 0.964. The number of rotatable bonds is 10. The summed E-state index contributed by atoms with van der Waals surface area (Å²) in [7, 11) is 7.75. The number of methoxy groups -OCH3 is 1. The Morgan fingerprint density at radius 2 is 1.90 bits per heavy atom. The van der Waals surface area contributed by atoms with E-state index in [1.807, 2.05) is 48.3 Å². The summed E-state index contributed by atoms with van der Waals surface area (Å²) < 4.78 is 7.64. The lowest BCUT2D eigenvalue weighted by atomic mass is 10.1. The number of fused-ring (bicyclic) bond motifs is 1. The van der Waals surface area contributed by atoms with E-state index in [1.54, 1.807) is 7.11 Å². The Bertz CT molecular complexity index is 1540. The molecule has 0 aliphatic carbocycles. The highest BCUT2D eigenvalue weighted by atomic mass is 16.5. The number of piperazine rings is 1. The maximum Gasteiger partial charge on any atom is 0.247 e. The van der Waals surface area contributed by atoms with Crippen LogP contribution in [0.1, 0.15) is 0 Å². The minimum absolute atomic E-state index is 0.276. The molecule has 4 aromatic rings. The SMILES string of the molecule is C=CC(=O)Nc1cc(Nc2cc(-c3ccc4cnn(C)c4c3)ncn2)c(OC)cc1N1CCN(CCN(C)C)CC1. The largest absolute Gasteiger partial charge is 0.494 e. The van der Waals surface area contributed by atoms with Crippen molar-refractivity contribution in [3.63, 3.8) is 0 Å². The van der Waals surface area contributed by atoms with Gasteiger partial charge in [0.05, 0.1) is 41.6 Å². The van der Waals surface area contributed by atoms with E-state index in [0.717, 1.165) is 67.1 Å². The normalized spacial score (nSPS) is 13.9. The first-order chi connectivity index (χ1) is 19.8. The van der Waals surface area contributed by atoms with Crippen LogP contribution in [0.25, 0.3) is 22.2 Å². The number of likely N-dealkylation sites (N-methyl/N-ethyl adjacent to an activating group) is 1. The fourth-order valence-electron chi connectivity index (χ4n) is 4.96. The molecule has 0 spiro atoms. The maximum atomic E-state index is 12.4. The first-order valence-electron chi connectivity index (χ1n) is 13.6. The highest BCUT2D eigenvalue weighted by Crippen LogP contribution is 2.39. The minimum atomic E-state index is -0.276. The van der Waals surface area contributed by atoms with E-state index in [9.17, 15) is 4.79 Å². The van der Waals surface area contributed by atoms with E-state index in [4.69, 9.17) is 4.74 Å². The second kappa shape index (κ2) is 12.4. The third kappa shape index (κ3) is 6.47. The molecule has 0 radical (unpaired) electrons. The molecule has 1 aliphatic heterocycles. The first-order valence-corrected chi connectivity index (χ1v) is 13.6. The van der Waals surface area contributed by atoms with Crippen LogP contribution in [0, 0.1) is 0 Å². The molecule has 0 unspecified atom stereocenters. The molecule has 214 valence electrons. The molecule has 0 atom stereocenters. The third-order valence-corrected chi connectivity index (χ3v) is 7.31. The maximum absolute atomic E-state index is 12.4. The molecule has 5 rings (SSSR count). The van der Waals surface area contributed by atoms with Crippen molar-refractivity contribution in [3.05, 3.63) is 61.6 Å². The summed E-state index contributed by atoms with van der Waals surface area (Å²) in [5.41, 5.74) is 5.01. The Labute approximate surface area is 240 Å². The monoisotopic (exact) mass is 555 g/mol. The quantitative estimate of drug-likeness (QED) is 0.284. The van der Waals surface area contributed by atoms with Crippen LogP contribution in [-0.2, 0) is 11.8 Å². The van der Waals surface area contributed by atoms with Gasteiger partial charge >= 0.3 is 0 Å². The van der Waals surface area contributed by atoms with E-state index in [2.05, 4.69) is 67.1 Å². The average molecular weight is 556 g/mol. The number of hydrogen-bond acceptors (Lipinski definition) is 9. The molecule has 11 heteroatoms. The highest BCUT2D eigenvalue weighted by Gasteiger charge is 2.22. The number of ether oxygens (including phenoxy) is 1. The molecule has 2 aromatic carbocycles. The predicted octanol–water partition coefficient (Wildman–Crippen LogP) is 3.59. The molecule has 1 amide bonds. The smallest absolute Gasteiger partial charge is 0.247 e. The van der Waals surface area contributed by atoms with Gasteiger partial charge in [0, 0.05) is 69.4 Å². The van der Waals surface area contributed by atoms with Crippen molar-refractivity contribution in [2.24, 2.45) is 7.05 Å². The van der Waals surface area contributed by atoms with Gasteiger partial charge in [-0.2, -0.15) is 5.10 Å². The lowest BCUT2D eigenvalue weighted by molar-refractivity contribution is -0.111. The second-order valence-electron chi connectivity index (χ2n) is 10.4. The average Bonchev–Trinajstić information content (AvgIpc) is 3.36. The van der Waals surface area contributed by atoms with Crippen LogP contribution in [0.15, 0.2) is 61.6 Å². The standard InChI is InChI=1S/C30H37N9O2/c1-6-30(40)35-24-16-25(28(41-5)18-27(24)39-13-11-38(12-14-39)10-9-36(2)3)34-29-17-23(31-20-32-29)21-7-8-22-19-33-37(4)26(22)15-21/h6-8,15-20H,1,9-14H2,2-5H3,(H,35,40)(H,31,32,34). The van der Waals surface area contributed by atoms with Crippen molar-refractivity contribution < 1.29 is 9.53 Å². The molecule has 1 aliphatic rings. The lowest BCUT2D eigenvalue weighted by Crippen LogP contribution is -2.48. The topological polar surface area (TPSA) is 104 Å². The molecule has 1 saturated heterocycles. The summed E-state index contributed by atoms with van der Waals surface area (Å²) >= 11 is 0. The number of carbonyl (C=O) groups is 1. The van der Waals surface area contributed by atoms with Crippen LogP contribution >= 0.6 is 0 Å². The van der Waals surface area contributed by atoms with Crippen molar-refractivity contribution in [2.45, 2.75) is 0 Å². The number of amides is 1. The molecule has 2 N–H and O–H groups in total. The number of benzene rings is 2. The number of hydrogen-bond donors (Lipinski definition) is 2. The molecule has 3 heterocycles. The highest BCUT2D eigenvalue weighted by molar-refractivity contribution is 6.02. The molecular formula is C30H37N9O2. The number of aryl methyl sites for hydroxylation is 1. The van der Waals surface area contributed by atoms with Gasteiger partial charge in [-0.15, -0.1) is 0 Å². The molecule has 2 aromatic heterocycles. The fourth-order valence-corrected chi connectivity index (χ4v) is 4.96. The van der Waals surface area contributed by atoms with Gasteiger partial charge in [0.2, 0.25) is 5.91 Å². The van der Waals surface area contributed by atoms with Crippen LogP contribution in [0.5, 0.6) is 5.75 Å². The van der Waals surface area contributed by atoms with Crippen molar-refractivity contribution >= 4 is 39.7 Å². The van der Waals surface area contributed by atoms with Crippen molar-refractivity contribution in [3.8, 4) is 17.0 Å². The molecule has 11 nitrogen and oxygen atoms in total. The van der Waals surface area contributed by atoms with Crippen molar-refractivity contribution in [2.75, 3.05) is 76.0 Å². The summed E-state index contributed by atoms with van der Waals surface area (Å²) in [4.78, 5) is 28.3. The number of anilines is 4. The van der Waals surface area contributed by atoms with Crippen molar-refractivity contribution in [1.29, 1.82) is 0 Å². The zero-order chi connectivity index (χ0) is 28.9.